The Labute approximate surface area is 376 Å². The molecule has 0 radical (unpaired) electrons. The standard InChI is InChI=1S/C62H40N2O/c1-2-17-52-43(12-1)26-27-47-40-51(36-37-53(47)52)63(50-16-10-15-46(39-50)54-21-11-25-61-62(54)57-20-5-8-24-60(57)65-61)48-32-28-41(29-33-48)44-13-9-14-45(38-44)42-30-34-49(35-31-42)64-58-22-6-3-18-55(58)56-19-4-7-23-59(56)64/h1-40H. The van der Waals surface area contributed by atoms with E-state index in [9.17, 15) is 0 Å². The zero-order chi connectivity index (χ0) is 42.8. The molecule has 0 spiro atoms. The molecule has 0 atom stereocenters. The van der Waals surface area contributed by atoms with E-state index < -0.39 is 0 Å². The van der Waals surface area contributed by atoms with Crippen LogP contribution in [0, 0.1) is 0 Å². The van der Waals surface area contributed by atoms with Crippen LogP contribution in [0.15, 0.2) is 247 Å². The molecule has 0 aliphatic heterocycles. The summed E-state index contributed by atoms with van der Waals surface area (Å²) in [6.45, 7) is 0. The maximum Gasteiger partial charge on any atom is 0.136 e. The van der Waals surface area contributed by atoms with Gasteiger partial charge in [-0.1, -0.05) is 164 Å². The highest BCUT2D eigenvalue weighted by Crippen LogP contribution is 2.42. The van der Waals surface area contributed by atoms with Crippen LogP contribution in [-0.2, 0) is 0 Å². The molecular weight excluding hydrogens is 789 g/mol. The van der Waals surface area contributed by atoms with Gasteiger partial charge in [0, 0.05) is 44.3 Å². The van der Waals surface area contributed by atoms with Gasteiger partial charge in [-0.2, -0.15) is 0 Å². The molecule has 13 rings (SSSR count). The molecular formula is C62H40N2O. The number of rotatable bonds is 7. The minimum Gasteiger partial charge on any atom is -0.456 e. The number of furan rings is 1. The van der Waals surface area contributed by atoms with Crippen LogP contribution in [0.1, 0.15) is 0 Å². The van der Waals surface area contributed by atoms with E-state index in [0.29, 0.717) is 0 Å². The highest BCUT2D eigenvalue weighted by Gasteiger charge is 2.18. The van der Waals surface area contributed by atoms with Crippen molar-refractivity contribution < 1.29 is 4.42 Å². The van der Waals surface area contributed by atoms with Crippen molar-refractivity contribution in [2.45, 2.75) is 0 Å². The largest absolute Gasteiger partial charge is 0.456 e. The summed E-state index contributed by atoms with van der Waals surface area (Å²) >= 11 is 0. The second-order valence-electron chi connectivity index (χ2n) is 16.9. The van der Waals surface area contributed by atoms with E-state index in [0.717, 1.165) is 61.4 Å². The molecule has 0 amide bonds. The average Bonchev–Trinajstić information content (AvgIpc) is 3.93. The second kappa shape index (κ2) is 15.0. The maximum atomic E-state index is 6.32. The fourth-order valence-corrected chi connectivity index (χ4v) is 10.1. The van der Waals surface area contributed by atoms with Crippen molar-refractivity contribution >= 4 is 82.4 Å². The number of fused-ring (bicyclic) bond motifs is 9. The lowest BCUT2D eigenvalue weighted by molar-refractivity contribution is 0.669. The van der Waals surface area contributed by atoms with Gasteiger partial charge >= 0.3 is 0 Å². The van der Waals surface area contributed by atoms with Crippen LogP contribution in [0.25, 0.3) is 104 Å². The first kappa shape index (κ1) is 36.9. The number of hydrogen-bond acceptors (Lipinski definition) is 2. The number of benzene rings is 11. The van der Waals surface area contributed by atoms with Gasteiger partial charge in [0.25, 0.3) is 0 Å². The van der Waals surface area contributed by atoms with Gasteiger partial charge in [0.15, 0.2) is 0 Å². The Morgan fingerprint density at radius 2 is 0.862 bits per heavy atom. The van der Waals surface area contributed by atoms with E-state index in [1.807, 2.05) is 12.1 Å². The van der Waals surface area contributed by atoms with Gasteiger partial charge in [-0.25, -0.2) is 0 Å². The van der Waals surface area contributed by atoms with E-state index in [2.05, 4.69) is 240 Å². The molecule has 2 heterocycles. The molecule has 0 saturated heterocycles. The predicted molar refractivity (Wildman–Crippen MR) is 274 cm³/mol. The number of hydrogen-bond donors (Lipinski definition) is 0. The summed E-state index contributed by atoms with van der Waals surface area (Å²) in [5.74, 6) is 0. The van der Waals surface area contributed by atoms with Gasteiger partial charge in [0.2, 0.25) is 0 Å². The van der Waals surface area contributed by atoms with E-state index in [4.69, 9.17) is 4.42 Å². The lowest BCUT2D eigenvalue weighted by Crippen LogP contribution is -2.10. The molecule has 65 heavy (non-hydrogen) atoms. The van der Waals surface area contributed by atoms with Gasteiger partial charge < -0.3 is 13.9 Å². The average molecular weight is 829 g/mol. The molecule has 0 aliphatic carbocycles. The fourth-order valence-electron chi connectivity index (χ4n) is 10.1. The van der Waals surface area contributed by atoms with Crippen molar-refractivity contribution in [3.8, 4) is 39.1 Å². The zero-order valence-electron chi connectivity index (χ0n) is 35.4. The lowest BCUT2D eigenvalue weighted by atomic mass is 9.97. The van der Waals surface area contributed by atoms with Crippen LogP contribution < -0.4 is 4.90 Å². The number of anilines is 3. The normalized spacial score (nSPS) is 11.7. The van der Waals surface area contributed by atoms with Crippen molar-refractivity contribution in [1.82, 2.24) is 4.57 Å². The molecule has 0 aliphatic rings. The number of nitrogens with zero attached hydrogens (tertiary/aromatic N) is 2. The van der Waals surface area contributed by atoms with Gasteiger partial charge in [-0.15, -0.1) is 0 Å². The molecule has 3 heteroatoms. The van der Waals surface area contributed by atoms with Crippen molar-refractivity contribution in [3.05, 3.63) is 243 Å². The summed E-state index contributed by atoms with van der Waals surface area (Å²) in [5.41, 5.74) is 15.6. The maximum absolute atomic E-state index is 6.32. The molecule has 13 aromatic rings. The minimum atomic E-state index is 0.892. The van der Waals surface area contributed by atoms with Crippen LogP contribution >= 0.6 is 0 Å². The fraction of sp³-hybridized carbons (Fsp3) is 0. The first-order valence-electron chi connectivity index (χ1n) is 22.2. The third kappa shape index (κ3) is 6.20. The lowest BCUT2D eigenvalue weighted by Gasteiger charge is -2.27. The summed E-state index contributed by atoms with van der Waals surface area (Å²) in [6, 6.07) is 87.7. The van der Waals surface area contributed by atoms with Crippen molar-refractivity contribution in [3.63, 3.8) is 0 Å². The molecule has 0 unspecified atom stereocenters. The van der Waals surface area contributed by atoms with E-state index >= 15 is 0 Å². The van der Waals surface area contributed by atoms with E-state index in [1.54, 1.807) is 0 Å². The smallest absolute Gasteiger partial charge is 0.136 e. The summed E-state index contributed by atoms with van der Waals surface area (Å²) < 4.78 is 8.68. The molecule has 0 bridgehead atoms. The summed E-state index contributed by atoms with van der Waals surface area (Å²) in [6.07, 6.45) is 0. The van der Waals surface area contributed by atoms with E-state index in [-0.39, 0.29) is 0 Å². The van der Waals surface area contributed by atoms with Crippen LogP contribution in [0.5, 0.6) is 0 Å². The molecule has 11 aromatic carbocycles. The third-order valence-corrected chi connectivity index (χ3v) is 13.2. The quantitative estimate of drug-likeness (QED) is 0.149. The second-order valence-corrected chi connectivity index (χ2v) is 16.9. The first-order valence-corrected chi connectivity index (χ1v) is 22.2. The monoisotopic (exact) mass is 828 g/mol. The highest BCUT2D eigenvalue weighted by atomic mass is 16.3. The Bertz CT molecular complexity index is 3900. The Balaban J connectivity index is 0.877. The Kier molecular flexibility index (Phi) is 8.53. The minimum absolute atomic E-state index is 0.892. The van der Waals surface area contributed by atoms with Crippen LogP contribution in [-0.4, -0.2) is 4.57 Å². The Hall–Kier alpha value is -8.66. The summed E-state index contributed by atoms with van der Waals surface area (Å²) in [7, 11) is 0. The van der Waals surface area contributed by atoms with Crippen LogP contribution in [0.2, 0.25) is 0 Å². The van der Waals surface area contributed by atoms with E-state index in [1.165, 1.54) is 60.0 Å². The predicted octanol–water partition coefficient (Wildman–Crippen LogP) is 17.5. The topological polar surface area (TPSA) is 21.3 Å². The zero-order valence-corrected chi connectivity index (χ0v) is 35.4. The summed E-state index contributed by atoms with van der Waals surface area (Å²) in [5, 5.41) is 9.75. The molecule has 3 nitrogen and oxygen atoms in total. The van der Waals surface area contributed by atoms with Crippen molar-refractivity contribution in [1.29, 1.82) is 0 Å². The molecule has 2 aromatic heterocycles. The molecule has 304 valence electrons. The Morgan fingerprint density at radius 1 is 0.308 bits per heavy atom. The van der Waals surface area contributed by atoms with Gasteiger partial charge in [0.1, 0.15) is 11.2 Å². The van der Waals surface area contributed by atoms with Crippen molar-refractivity contribution in [2.24, 2.45) is 0 Å². The van der Waals surface area contributed by atoms with Crippen LogP contribution in [0.4, 0.5) is 17.1 Å². The third-order valence-electron chi connectivity index (χ3n) is 13.2. The highest BCUT2D eigenvalue weighted by molar-refractivity contribution is 6.13. The molecule has 0 fully saturated rings. The van der Waals surface area contributed by atoms with Crippen molar-refractivity contribution in [2.75, 3.05) is 4.90 Å². The van der Waals surface area contributed by atoms with Gasteiger partial charge in [0.05, 0.1) is 11.0 Å². The van der Waals surface area contributed by atoms with Crippen LogP contribution in [0.3, 0.4) is 0 Å². The Morgan fingerprint density at radius 3 is 1.63 bits per heavy atom. The first-order chi connectivity index (χ1) is 32.2. The van der Waals surface area contributed by atoms with Gasteiger partial charge in [-0.05, 0) is 134 Å². The number of aromatic nitrogens is 1. The SMILES string of the molecule is c1cc(-c2ccc(N(c3cccc(-c4cccc5oc6ccccc6c45)c3)c3ccc4c(ccc5ccccc54)c3)cc2)cc(-c2ccc(-n3c4ccccc4c4ccccc43)cc2)c1. The molecule has 0 N–H and O–H groups in total. The number of para-hydroxylation sites is 3. The molecule has 0 saturated carbocycles. The summed E-state index contributed by atoms with van der Waals surface area (Å²) in [4.78, 5) is 2.38. The van der Waals surface area contributed by atoms with Gasteiger partial charge in [-0.3, -0.25) is 0 Å².